The second-order valence-corrected chi connectivity index (χ2v) is 7.58. The lowest BCUT2D eigenvalue weighted by Gasteiger charge is -2.16. The van der Waals surface area contributed by atoms with Crippen molar-refractivity contribution in [3.63, 3.8) is 0 Å². The zero-order valence-electron chi connectivity index (χ0n) is 11.0. The minimum absolute atomic E-state index is 0.00759. The average Bonchev–Trinajstić information content (AvgIpc) is 2.99. The molecule has 0 amide bonds. The van der Waals surface area contributed by atoms with Crippen LogP contribution >= 0.6 is 22.9 Å². The van der Waals surface area contributed by atoms with Crippen molar-refractivity contribution < 1.29 is 8.42 Å². The highest BCUT2D eigenvalue weighted by Crippen LogP contribution is 2.27. The maximum absolute atomic E-state index is 12.7. The molecule has 21 heavy (non-hydrogen) atoms. The van der Waals surface area contributed by atoms with E-state index in [-0.39, 0.29) is 16.7 Å². The molecule has 0 radical (unpaired) electrons. The van der Waals surface area contributed by atoms with Crippen LogP contribution < -0.4 is 0 Å². The summed E-state index contributed by atoms with van der Waals surface area (Å²) in [5.41, 5.74) is 0.797. The Bertz CT molecular complexity index is 873. The van der Waals surface area contributed by atoms with Gasteiger partial charge in [0.15, 0.2) is 15.1 Å². The van der Waals surface area contributed by atoms with Gasteiger partial charge in [0, 0.05) is 37.6 Å². The monoisotopic (exact) mass is 342 g/mol. The van der Waals surface area contributed by atoms with Crippen LogP contribution in [0.3, 0.4) is 0 Å². The summed E-state index contributed by atoms with van der Waals surface area (Å²) in [6.45, 7) is 0.212. The van der Waals surface area contributed by atoms with Crippen molar-refractivity contribution in [1.29, 1.82) is 0 Å². The number of hydrogen-bond acceptors (Lipinski definition) is 5. The van der Waals surface area contributed by atoms with E-state index in [9.17, 15) is 8.42 Å². The Morgan fingerprint density at radius 1 is 1.48 bits per heavy atom. The van der Waals surface area contributed by atoms with E-state index in [0.29, 0.717) is 4.96 Å². The summed E-state index contributed by atoms with van der Waals surface area (Å²) in [5.74, 6) is 0. The molecule has 0 fully saturated rings. The molecule has 0 unspecified atom stereocenters. The van der Waals surface area contributed by atoms with Crippen LogP contribution in [-0.4, -0.2) is 34.1 Å². The van der Waals surface area contributed by atoms with Gasteiger partial charge in [-0.3, -0.25) is 9.38 Å². The van der Waals surface area contributed by atoms with E-state index >= 15 is 0 Å². The van der Waals surface area contributed by atoms with Crippen LogP contribution in [0.1, 0.15) is 5.56 Å². The Hall–Kier alpha value is -1.48. The Morgan fingerprint density at radius 3 is 3.00 bits per heavy atom. The molecular weight excluding hydrogens is 332 g/mol. The zero-order chi connectivity index (χ0) is 15.0. The molecule has 9 heteroatoms. The van der Waals surface area contributed by atoms with Gasteiger partial charge < -0.3 is 0 Å². The summed E-state index contributed by atoms with van der Waals surface area (Å²) in [6.07, 6.45) is 4.91. The second kappa shape index (κ2) is 5.38. The van der Waals surface area contributed by atoms with Crippen molar-refractivity contribution in [1.82, 2.24) is 18.7 Å². The van der Waals surface area contributed by atoms with E-state index in [4.69, 9.17) is 11.6 Å². The highest BCUT2D eigenvalue weighted by atomic mass is 35.5. The molecule has 3 heterocycles. The van der Waals surface area contributed by atoms with Crippen LogP contribution in [0.15, 0.2) is 41.1 Å². The number of thiazole rings is 1. The number of pyridine rings is 1. The van der Waals surface area contributed by atoms with Crippen molar-refractivity contribution in [3.8, 4) is 0 Å². The highest BCUT2D eigenvalue weighted by Gasteiger charge is 2.29. The molecule has 0 aliphatic rings. The predicted molar refractivity (Wildman–Crippen MR) is 81.0 cm³/mol. The second-order valence-electron chi connectivity index (χ2n) is 4.39. The number of nitrogens with zero attached hydrogens (tertiary/aromatic N) is 4. The third kappa shape index (κ3) is 2.55. The van der Waals surface area contributed by atoms with E-state index in [1.165, 1.54) is 27.1 Å². The summed E-state index contributed by atoms with van der Waals surface area (Å²) in [4.78, 5) is 8.59. The normalized spacial score (nSPS) is 12.3. The van der Waals surface area contributed by atoms with Gasteiger partial charge in [-0.1, -0.05) is 17.7 Å². The Balaban J connectivity index is 2.00. The van der Waals surface area contributed by atoms with Crippen molar-refractivity contribution in [2.24, 2.45) is 0 Å². The van der Waals surface area contributed by atoms with Crippen molar-refractivity contribution in [2.75, 3.05) is 7.05 Å². The van der Waals surface area contributed by atoms with Gasteiger partial charge in [-0.15, -0.1) is 11.3 Å². The molecule has 0 aliphatic carbocycles. The molecule has 110 valence electrons. The Kier molecular flexibility index (Phi) is 3.70. The molecule has 0 N–H and O–H groups in total. The number of halogens is 1. The first-order valence-corrected chi connectivity index (χ1v) is 8.66. The summed E-state index contributed by atoms with van der Waals surface area (Å²) in [6, 6.07) is 3.58. The molecule has 0 saturated heterocycles. The van der Waals surface area contributed by atoms with E-state index < -0.39 is 10.0 Å². The van der Waals surface area contributed by atoms with E-state index in [1.54, 1.807) is 30.0 Å². The fourth-order valence-electron chi connectivity index (χ4n) is 1.95. The summed E-state index contributed by atoms with van der Waals surface area (Å²) in [5, 5.41) is 1.74. The first-order chi connectivity index (χ1) is 10.00. The fourth-order valence-corrected chi connectivity index (χ4v) is 4.50. The average molecular weight is 343 g/mol. The maximum Gasteiger partial charge on any atom is 0.262 e. The van der Waals surface area contributed by atoms with Gasteiger partial charge in [-0.05, 0) is 11.6 Å². The lowest BCUT2D eigenvalue weighted by atomic mass is 10.3. The van der Waals surface area contributed by atoms with Crippen molar-refractivity contribution in [2.45, 2.75) is 11.6 Å². The summed E-state index contributed by atoms with van der Waals surface area (Å²) in [7, 11) is -2.24. The van der Waals surface area contributed by atoms with Crippen molar-refractivity contribution in [3.05, 3.63) is 46.8 Å². The number of imidazole rings is 1. The van der Waals surface area contributed by atoms with E-state index in [2.05, 4.69) is 9.97 Å². The van der Waals surface area contributed by atoms with Gasteiger partial charge in [0.2, 0.25) is 0 Å². The number of aromatic nitrogens is 3. The quantitative estimate of drug-likeness (QED) is 0.729. The van der Waals surface area contributed by atoms with Crippen molar-refractivity contribution >= 4 is 37.9 Å². The number of fused-ring (bicyclic) bond motifs is 1. The van der Waals surface area contributed by atoms with E-state index in [1.807, 2.05) is 6.07 Å². The molecule has 3 aromatic heterocycles. The fraction of sp³-hybridized carbons (Fsp3) is 0.167. The molecule has 0 saturated carbocycles. The Morgan fingerprint density at radius 2 is 2.29 bits per heavy atom. The molecule has 0 atom stereocenters. The van der Waals surface area contributed by atoms with Crippen LogP contribution in [0.25, 0.3) is 4.96 Å². The summed E-state index contributed by atoms with van der Waals surface area (Å²) >= 11 is 7.33. The van der Waals surface area contributed by atoms with Gasteiger partial charge in [-0.25, -0.2) is 13.4 Å². The Labute approximate surface area is 130 Å². The SMILES string of the molecule is CN(Cc1cccnc1)S(=O)(=O)c1c(Cl)nc2sccn12. The molecule has 0 aliphatic heterocycles. The largest absolute Gasteiger partial charge is 0.279 e. The maximum atomic E-state index is 12.7. The van der Waals surface area contributed by atoms with Crippen LogP contribution in [0.5, 0.6) is 0 Å². The lowest BCUT2D eigenvalue weighted by Crippen LogP contribution is -2.27. The number of sulfonamides is 1. The third-order valence-electron chi connectivity index (χ3n) is 2.96. The molecule has 3 rings (SSSR count). The zero-order valence-corrected chi connectivity index (χ0v) is 13.4. The smallest absolute Gasteiger partial charge is 0.262 e. The van der Waals surface area contributed by atoms with Gasteiger partial charge in [0.05, 0.1) is 0 Å². The molecule has 0 bridgehead atoms. The van der Waals surface area contributed by atoms with E-state index in [0.717, 1.165) is 5.56 Å². The van der Waals surface area contributed by atoms with Crippen LogP contribution in [-0.2, 0) is 16.6 Å². The van der Waals surface area contributed by atoms with Gasteiger partial charge in [-0.2, -0.15) is 4.31 Å². The predicted octanol–water partition coefficient (Wildman–Crippen LogP) is 2.26. The topological polar surface area (TPSA) is 67.6 Å². The minimum Gasteiger partial charge on any atom is -0.279 e. The van der Waals surface area contributed by atoms with Crippen LogP contribution in [0, 0.1) is 0 Å². The van der Waals surface area contributed by atoms with Gasteiger partial charge in [0.25, 0.3) is 10.0 Å². The third-order valence-corrected chi connectivity index (χ3v) is 5.92. The summed E-state index contributed by atoms with van der Waals surface area (Å²) < 4.78 is 28.1. The van der Waals surface area contributed by atoms with Crippen LogP contribution in [0.2, 0.25) is 5.15 Å². The molecular formula is C12H11ClN4O2S2. The van der Waals surface area contributed by atoms with Crippen LogP contribution in [0.4, 0.5) is 0 Å². The highest BCUT2D eigenvalue weighted by molar-refractivity contribution is 7.89. The first-order valence-electron chi connectivity index (χ1n) is 5.96. The molecule has 6 nitrogen and oxygen atoms in total. The molecule has 0 aromatic carbocycles. The minimum atomic E-state index is -3.74. The lowest BCUT2D eigenvalue weighted by molar-refractivity contribution is 0.463. The number of hydrogen-bond donors (Lipinski definition) is 0. The molecule has 3 aromatic rings. The first kappa shape index (κ1) is 14.5. The standard InChI is InChI=1S/C12H11ClN4O2S2/c1-16(8-9-3-2-4-14-7-9)21(18,19)11-10(13)15-12-17(11)5-6-20-12/h2-7H,8H2,1H3. The molecule has 0 spiro atoms. The van der Waals surface area contributed by atoms with Gasteiger partial charge >= 0.3 is 0 Å². The number of rotatable bonds is 4. The van der Waals surface area contributed by atoms with Gasteiger partial charge in [0.1, 0.15) is 0 Å².